The molecular formula is C17H28Br2O2. The van der Waals surface area contributed by atoms with Crippen molar-refractivity contribution >= 4 is 37.8 Å². The molecule has 0 aliphatic heterocycles. The largest absolute Gasteiger partial charge is 0.463 e. The van der Waals surface area contributed by atoms with Gasteiger partial charge in [-0.1, -0.05) is 50.9 Å². The quantitative estimate of drug-likeness (QED) is 0.203. The van der Waals surface area contributed by atoms with Crippen molar-refractivity contribution in [3.63, 3.8) is 0 Å². The summed E-state index contributed by atoms with van der Waals surface area (Å²) in [5.41, 5.74) is 0.931. The van der Waals surface area contributed by atoms with Gasteiger partial charge in [0, 0.05) is 15.2 Å². The molecule has 0 aromatic carbocycles. The van der Waals surface area contributed by atoms with Gasteiger partial charge >= 0.3 is 5.97 Å². The van der Waals surface area contributed by atoms with Crippen LogP contribution in [0.3, 0.4) is 0 Å². The molecule has 0 saturated carbocycles. The first-order chi connectivity index (χ1) is 9.66. The van der Waals surface area contributed by atoms with E-state index in [0.717, 1.165) is 18.4 Å². The first-order valence-corrected chi connectivity index (χ1v) is 9.22. The molecule has 2 atom stereocenters. The van der Waals surface area contributed by atoms with Crippen LogP contribution in [0, 0.1) is 5.92 Å². The van der Waals surface area contributed by atoms with E-state index in [-0.39, 0.29) is 10.3 Å². The van der Waals surface area contributed by atoms with Crippen molar-refractivity contribution in [3.05, 3.63) is 23.8 Å². The molecule has 0 N–H and O–H groups in total. The van der Waals surface area contributed by atoms with E-state index in [0.29, 0.717) is 17.4 Å². The van der Waals surface area contributed by atoms with Crippen molar-refractivity contribution in [1.82, 2.24) is 0 Å². The monoisotopic (exact) mass is 422 g/mol. The van der Waals surface area contributed by atoms with Crippen LogP contribution < -0.4 is 0 Å². The van der Waals surface area contributed by atoms with Crippen molar-refractivity contribution in [3.8, 4) is 0 Å². The van der Waals surface area contributed by atoms with E-state index < -0.39 is 0 Å². The summed E-state index contributed by atoms with van der Waals surface area (Å²) in [6, 6.07) is 0. The fourth-order valence-corrected chi connectivity index (χ4v) is 2.29. The Morgan fingerprint density at radius 1 is 1.33 bits per heavy atom. The topological polar surface area (TPSA) is 26.3 Å². The number of alkyl halides is 2. The van der Waals surface area contributed by atoms with Gasteiger partial charge in [0.25, 0.3) is 0 Å². The molecule has 122 valence electrons. The highest BCUT2D eigenvalue weighted by Gasteiger charge is 2.23. The Morgan fingerprint density at radius 2 is 1.95 bits per heavy atom. The van der Waals surface area contributed by atoms with E-state index in [2.05, 4.69) is 58.7 Å². The number of halogens is 2. The van der Waals surface area contributed by atoms with Crippen LogP contribution in [-0.4, -0.2) is 21.7 Å². The molecule has 2 unspecified atom stereocenters. The van der Waals surface area contributed by atoms with Crippen LogP contribution in [0.4, 0.5) is 0 Å². The highest BCUT2D eigenvalue weighted by molar-refractivity contribution is 9.12. The average Bonchev–Trinajstić information content (AvgIpc) is 2.34. The second-order valence-corrected chi connectivity index (χ2v) is 9.14. The minimum absolute atomic E-state index is 0.127. The lowest BCUT2D eigenvalue weighted by Crippen LogP contribution is -2.24. The maximum Gasteiger partial charge on any atom is 0.330 e. The number of carbonyl (C=O) groups is 1. The first-order valence-electron chi connectivity index (χ1n) is 7.51. The smallest absolute Gasteiger partial charge is 0.330 e. The zero-order valence-electron chi connectivity index (χ0n) is 13.8. The van der Waals surface area contributed by atoms with Crippen molar-refractivity contribution in [2.75, 3.05) is 6.61 Å². The summed E-state index contributed by atoms with van der Waals surface area (Å²) in [5.74, 6) is 0.362. The highest BCUT2D eigenvalue weighted by atomic mass is 79.9. The number of carbonyl (C=O) groups excluding carboxylic acids is 1. The predicted octanol–water partition coefficient (Wildman–Crippen LogP) is 5.80. The average molecular weight is 424 g/mol. The van der Waals surface area contributed by atoms with Crippen LogP contribution in [0.5, 0.6) is 0 Å². The van der Waals surface area contributed by atoms with Crippen LogP contribution in [0.1, 0.15) is 53.9 Å². The summed E-state index contributed by atoms with van der Waals surface area (Å²) in [6.07, 6.45) is 9.01. The zero-order valence-corrected chi connectivity index (χ0v) is 17.0. The Bertz CT molecular complexity index is 367. The lowest BCUT2D eigenvalue weighted by Gasteiger charge is -2.24. The molecule has 0 radical (unpaired) electrons. The summed E-state index contributed by atoms with van der Waals surface area (Å²) < 4.78 is 5.00. The van der Waals surface area contributed by atoms with Crippen LogP contribution in [0.2, 0.25) is 0 Å². The van der Waals surface area contributed by atoms with E-state index in [1.165, 1.54) is 12.5 Å². The third-order valence-corrected chi connectivity index (χ3v) is 5.98. The van der Waals surface area contributed by atoms with Crippen LogP contribution in [0.15, 0.2) is 23.8 Å². The summed E-state index contributed by atoms with van der Waals surface area (Å²) in [7, 11) is 0. The standard InChI is InChI=1S/C17H28Br2O2/c1-6-21-16(20)12-14(3)9-7-8-13(2)10-11-15(18)17(4,5)19/h7,9,12-13,15H,6,8,10-11H2,1-5H3/b9-7+,14-12?. The molecular weight excluding hydrogens is 396 g/mol. The molecule has 2 nitrogen and oxygen atoms in total. The molecule has 21 heavy (non-hydrogen) atoms. The van der Waals surface area contributed by atoms with Gasteiger partial charge in [0.15, 0.2) is 0 Å². The minimum Gasteiger partial charge on any atom is -0.463 e. The Morgan fingerprint density at radius 3 is 2.48 bits per heavy atom. The normalized spacial score (nSPS) is 16.0. The van der Waals surface area contributed by atoms with Gasteiger partial charge in [0.1, 0.15) is 0 Å². The predicted molar refractivity (Wildman–Crippen MR) is 98.3 cm³/mol. The molecule has 0 fully saturated rings. The van der Waals surface area contributed by atoms with Crippen LogP contribution >= 0.6 is 31.9 Å². The van der Waals surface area contributed by atoms with Gasteiger partial charge in [-0.3, -0.25) is 0 Å². The number of allylic oxidation sites excluding steroid dienone is 3. The van der Waals surface area contributed by atoms with Gasteiger partial charge in [-0.2, -0.15) is 0 Å². The zero-order chi connectivity index (χ0) is 16.5. The third kappa shape index (κ3) is 11.2. The SMILES string of the molecule is CCOC(=O)C=C(C)/C=C/CC(C)CCC(Br)C(C)(C)Br. The van der Waals surface area contributed by atoms with Crippen LogP contribution in [0.25, 0.3) is 0 Å². The molecule has 0 amide bonds. The van der Waals surface area contributed by atoms with E-state index in [4.69, 9.17) is 4.74 Å². The van der Waals surface area contributed by atoms with Gasteiger partial charge in [0.2, 0.25) is 0 Å². The first kappa shape index (κ1) is 20.9. The van der Waals surface area contributed by atoms with Crippen molar-refractivity contribution in [2.45, 2.75) is 63.0 Å². The number of ether oxygens (including phenoxy) is 1. The maximum absolute atomic E-state index is 11.3. The molecule has 0 aliphatic rings. The van der Waals surface area contributed by atoms with E-state index >= 15 is 0 Å². The Labute approximate surface area is 146 Å². The van der Waals surface area contributed by atoms with E-state index in [1.54, 1.807) is 0 Å². The summed E-state index contributed by atoms with van der Waals surface area (Å²) in [6.45, 7) is 10.8. The molecule has 4 heteroatoms. The molecule has 0 aromatic rings. The Balaban J connectivity index is 4.10. The number of hydrogen-bond donors (Lipinski definition) is 0. The van der Waals surface area contributed by atoms with Gasteiger partial charge in [-0.15, -0.1) is 0 Å². The van der Waals surface area contributed by atoms with E-state index in [1.807, 2.05) is 19.9 Å². The van der Waals surface area contributed by atoms with Gasteiger partial charge in [-0.05, 0) is 58.4 Å². The lowest BCUT2D eigenvalue weighted by atomic mass is 9.97. The molecule has 0 heterocycles. The van der Waals surface area contributed by atoms with E-state index in [9.17, 15) is 4.79 Å². The molecule has 0 bridgehead atoms. The molecule has 0 rings (SSSR count). The summed E-state index contributed by atoms with van der Waals surface area (Å²) in [5, 5.41) is 0. The Hall–Kier alpha value is -0.0900. The van der Waals surface area contributed by atoms with Gasteiger partial charge in [0.05, 0.1) is 6.61 Å². The Kier molecular flexibility index (Phi) is 10.6. The molecule has 0 aromatic heterocycles. The molecule has 0 saturated heterocycles. The van der Waals surface area contributed by atoms with Gasteiger partial charge < -0.3 is 4.74 Å². The lowest BCUT2D eigenvalue weighted by molar-refractivity contribution is -0.137. The summed E-state index contributed by atoms with van der Waals surface area (Å²) in [4.78, 5) is 11.8. The summed E-state index contributed by atoms with van der Waals surface area (Å²) >= 11 is 7.42. The fourth-order valence-electron chi connectivity index (χ4n) is 1.80. The minimum atomic E-state index is -0.269. The highest BCUT2D eigenvalue weighted by Crippen LogP contribution is 2.31. The fraction of sp³-hybridized carbons (Fsp3) is 0.706. The van der Waals surface area contributed by atoms with Gasteiger partial charge in [-0.25, -0.2) is 4.79 Å². The van der Waals surface area contributed by atoms with Crippen LogP contribution in [-0.2, 0) is 9.53 Å². The van der Waals surface area contributed by atoms with Crippen molar-refractivity contribution in [1.29, 1.82) is 0 Å². The third-order valence-electron chi connectivity index (χ3n) is 3.21. The van der Waals surface area contributed by atoms with Crippen molar-refractivity contribution in [2.24, 2.45) is 5.92 Å². The molecule has 0 aliphatic carbocycles. The van der Waals surface area contributed by atoms with Crippen molar-refractivity contribution < 1.29 is 9.53 Å². The second kappa shape index (κ2) is 10.6. The second-order valence-electron chi connectivity index (χ2n) is 5.99. The number of hydrogen-bond acceptors (Lipinski definition) is 2. The maximum atomic E-state index is 11.3. The molecule has 0 spiro atoms. The number of esters is 1. The number of rotatable bonds is 9.